The average molecular weight is 407 g/mol. The SMILES string of the molecule is CCCOc1cccc(/C(O)=C2/C(=O)C(=O)N(Cc3ccco3)C2c2ccco2)c1. The molecule has 1 atom stereocenters. The quantitative estimate of drug-likeness (QED) is 0.357. The Morgan fingerprint density at radius 2 is 1.90 bits per heavy atom. The van der Waals surface area contributed by atoms with Crippen LogP contribution < -0.4 is 4.74 Å². The van der Waals surface area contributed by atoms with Crippen molar-refractivity contribution in [2.24, 2.45) is 0 Å². The van der Waals surface area contributed by atoms with E-state index in [9.17, 15) is 14.7 Å². The number of Topliss-reactive ketones (excluding diaryl/α,β-unsaturated/α-hetero) is 1. The molecule has 1 amide bonds. The maximum Gasteiger partial charge on any atom is 0.296 e. The summed E-state index contributed by atoms with van der Waals surface area (Å²) in [5, 5.41) is 11.0. The molecule has 7 nitrogen and oxygen atoms in total. The molecule has 4 rings (SSSR count). The molecular weight excluding hydrogens is 386 g/mol. The van der Waals surface area contributed by atoms with E-state index in [0.717, 1.165) is 6.42 Å². The van der Waals surface area contributed by atoms with Crippen LogP contribution in [-0.4, -0.2) is 28.3 Å². The van der Waals surface area contributed by atoms with Crippen LogP contribution in [0.2, 0.25) is 0 Å². The molecule has 0 spiro atoms. The first kappa shape index (κ1) is 19.6. The van der Waals surface area contributed by atoms with Crippen LogP contribution in [0.5, 0.6) is 5.75 Å². The van der Waals surface area contributed by atoms with Gasteiger partial charge >= 0.3 is 0 Å². The van der Waals surface area contributed by atoms with Gasteiger partial charge in [0.15, 0.2) is 0 Å². The van der Waals surface area contributed by atoms with Crippen molar-refractivity contribution < 1.29 is 28.3 Å². The average Bonchev–Trinajstić information content (AvgIpc) is 3.51. The molecule has 0 radical (unpaired) electrons. The van der Waals surface area contributed by atoms with E-state index >= 15 is 0 Å². The van der Waals surface area contributed by atoms with E-state index in [-0.39, 0.29) is 17.9 Å². The Kier molecular flexibility index (Phi) is 5.43. The molecule has 1 fully saturated rings. The van der Waals surface area contributed by atoms with Gasteiger partial charge in [-0.25, -0.2) is 0 Å². The predicted molar refractivity (Wildman–Crippen MR) is 107 cm³/mol. The van der Waals surface area contributed by atoms with Crippen molar-refractivity contribution in [2.75, 3.05) is 6.61 Å². The van der Waals surface area contributed by atoms with E-state index in [1.807, 2.05) is 6.92 Å². The minimum Gasteiger partial charge on any atom is -0.507 e. The summed E-state index contributed by atoms with van der Waals surface area (Å²) in [7, 11) is 0. The van der Waals surface area contributed by atoms with Crippen LogP contribution in [0.15, 0.2) is 75.5 Å². The molecule has 1 saturated heterocycles. The first-order chi connectivity index (χ1) is 14.6. The van der Waals surface area contributed by atoms with Gasteiger partial charge in [0.2, 0.25) is 0 Å². The molecule has 0 saturated carbocycles. The molecule has 3 aromatic rings. The number of likely N-dealkylation sites (tertiary alicyclic amines) is 1. The molecule has 30 heavy (non-hydrogen) atoms. The summed E-state index contributed by atoms with van der Waals surface area (Å²) >= 11 is 0. The van der Waals surface area contributed by atoms with Crippen LogP contribution in [0, 0.1) is 0 Å². The minimum absolute atomic E-state index is 0.0332. The van der Waals surface area contributed by atoms with Gasteiger partial charge in [-0.3, -0.25) is 9.59 Å². The Labute approximate surface area is 173 Å². The molecule has 154 valence electrons. The van der Waals surface area contributed by atoms with Crippen molar-refractivity contribution in [3.8, 4) is 5.75 Å². The Bertz CT molecular complexity index is 1070. The van der Waals surface area contributed by atoms with E-state index in [1.54, 1.807) is 48.5 Å². The maximum absolute atomic E-state index is 12.9. The number of aliphatic hydroxyl groups is 1. The van der Waals surface area contributed by atoms with Crippen molar-refractivity contribution >= 4 is 17.4 Å². The fourth-order valence-corrected chi connectivity index (χ4v) is 3.46. The Morgan fingerprint density at radius 1 is 1.10 bits per heavy atom. The predicted octanol–water partition coefficient (Wildman–Crippen LogP) is 4.28. The minimum atomic E-state index is -0.870. The van der Waals surface area contributed by atoms with Crippen molar-refractivity contribution in [3.05, 3.63) is 83.7 Å². The van der Waals surface area contributed by atoms with E-state index in [1.165, 1.54) is 17.4 Å². The highest BCUT2D eigenvalue weighted by molar-refractivity contribution is 6.46. The summed E-state index contributed by atoms with van der Waals surface area (Å²) in [6.07, 6.45) is 3.80. The smallest absolute Gasteiger partial charge is 0.296 e. The summed E-state index contributed by atoms with van der Waals surface area (Å²) in [4.78, 5) is 27.1. The molecule has 0 aliphatic carbocycles. The molecule has 1 aliphatic rings. The van der Waals surface area contributed by atoms with Crippen LogP contribution in [0.4, 0.5) is 0 Å². The van der Waals surface area contributed by atoms with E-state index in [0.29, 0.717) is 29.4 Å². The van der Waals surface area contributed by atoms with Gasteiger partial charge in [0.05, 0.1) is 31.3 Å². The number of furan rings is 2. The lowest BCUT2D eigenvalue weighted by molar-refractivity contribution is -0.140. The number of ketones is 1. The first-order valence-corrected chi connectivity index (χ1v) is 9.67. The Morgan fingerprint density at radius 3 is 2.60 bits per heavy atom. The van der Waals surface area contributed by atoms with Crippen LogP contribution in [0.3, 0.4) is 0 Å². The number of hydrogen-bond donors (Lipinski definition) is 1. The molecular formula is C23H21NO6. The summed E-state index contributed by atoms with van der Waals surface area (Å²) in [5.41, 5.74) is 0.352. The second-order valence-corrected chi connectivity index (χ2v) is 6.90. The highest BCUT2D eigenvalue weighted by Crippen LogP contribution is 2.40. The Balaban J connectivity index is 1.78. The fraction of sp³-hybridized carbons (Fsp3) is 0.217. The standard InChI is InChI=1S/C23H21NO6/c1-2-10-28-16-7-3-6-15(13-16)21(25)19-20(18-9-5-12-30-18)24(23(27)22(19)26)14-17-8-4-11-29-17/h3-9,11-13,20,25H,2,10,14H2,1H3/b21-19-. The van der Waals surface area contributed by atoms with Crippen molar-refractivity contribution in [1.82, 2.24) is 4.90 Å². The fourth-order valence-electron chi connectivity index (χ4n) is 3.46. The molecule has 1 N–H and O–H groups in total. The lowest BCUT2D eigenvalue weighted by Crippen LogP contribution is -2.28. The number of nitrogens with zero attached hydrogens (tertiary/aromatic N) is 1. The van der Waals surface area contributed by atoms with Crippen molar-refractivity contribution in [1.29, 1.82) is 0 Å². The number of benzene rings is 1. The number of carbonyl (C=O) groups is 2. The van der Waals surface area contributed by atoms with Crippen LogP contribution in [0.25, 0.3) is 5.76 Å². The van der Waals surface area contributed by atoms with Gasteiger partial charge in [-0.15, -0.1) is 0 Å². The van der Waals surface area contributed by atoms with E-state index < -0.39 is 17.7 Å². The van der Waals surface area contributed by atoms with Gasteiger partial charge in [0, 0.05) is 5.56 Å². The number of ether oxygens (including phenoxy) is 1. The zero-order valence-electron chi connectivity index (χ0n) is 16.4. The third kappa shape index (κ3) is 3.61. The molecule has 1 unspecified atom stereocenters. The molecule has 1 aliphatic heterocycles. The lowest BCUT2D eigenvalue weighted by Gasteiger charge is -2.22. The van der Waals surface area contributed by atoms with Gasteiger partial charge in [-0.1, -0.05) is 19.1 Å². The number of aliphatic hydroxyl groups excluding tert-OH is 1. The highest BCUT2D eigenvalue weighted by atomic mass is 16.5. The van der Waals surface area contributed by atoms with Gasteiger partial charge in [0.25, 0.3) is 11.7 Å². The van der Waals surface area contributed by atoms with Crippen molar-refractivity contribution in [3.63, 3.8) is 0 Å². The Hall–Kier alpha value is -3.74. The number of hydrogen-bond acceptors (Lipinski definition) is 6. The number of amides is 1. The summed E-state index contributed by atoms with van der Waals surface area (Å²) in [6.45, 7) is 2.59. The normalized spacial score (nSPS) is 18.2. The molecule has 0 bridgehead atoms. The molecule has 1 aromatic carbocycles. The summed E-state index contributed by atoms with van der Waals surface area (Å²) < 4.78 is 16.5. The van der Waals surface area contributed by atoms with E-state index in [2.05, 4.69) is 0 Å². The third-order valence-corrected chi connectivity index (χ3v) is 4.84. The number of carbonyl (C=O) groups excluding carboxylic acids is 2. The first-order valence-electron chi connectivity index (χ1n) is 9.67. The van der Waals surface area contributed by atoms with E-state index in [4.69, 9.17) is 13.6 Å². The highest BCUT2D eigenvalue weighted by Gasteiger charge is 2.47. The topological polar surface area (TPSA) is 93.1 Å². The third-order valence-electron chi connectivity index (χ3n) is 4.84. The van der Waals surface area contributed by atoms with Crippen LogP contribution in [-0.2, 0) is 16.1 Å². The molecule has 3 heterocycles. The van der Waals surface area contributed by atoms with Crippen molar-refractivity contribution in [2.45, 2.75) is 25.9 Å². The monoisotopic (exact) mass is 407 g/mol. The van der Waals surface area contributed by atoms with Gasteiger partial charge in [-0.05, 0) is 42.8 Å². The molecule has 2 aromatic heterocycles. The van der Waals surface area contributed by atoms with Gasteiger partial charge in [0.1, 0.15) is 29.1 Å². The second-order valence-electron chi connectivity index (χ2n) is 6.90. The van der Waals surface area contributed by atoms with Gasteiger partial charge in [-0.2, -0.15) is 0 Å². The maximum atomic E-state index is 12.9. The zero-order valence-corrected chi connectivity index (χ0v) is 16.4. The summed E-state index contributed by atoms with van der Waals surface area (Å²) in [6, 6.07) is 12.7. The second kappa shape index (κ2) is 8.32. The molecule has 7 heteroatoms. The zero-order chi connectivity index (χ0) is 21.1. The number of rotatable bonds is 7. The van der Waals surface area contributed by atoms with Crippen LogP contribution in [0.1, 0.15) is 36.5 Å². The lowest BCUT2D eigenvalue weighted by atomic mass is 9.99. The van der Waals surface area contributed by atoms with Gasteiger partial charge < -0.3 is 23.6 Å². The largest absolute Gasteiger partial charge is 0.507 e. The van der Waals surface area contributed by atoms with Crippen LogP contribution >= 0.6 is 0 Å². The summed E-state index contributed by atoms with van der Waals surface area (Å²) in [5.74, 6) is -0.323.